The van der Waals surface area contributed by atoms with Crippen LogP contribution in [0.25, 0.3) is 0 Å². The monoisotopic (exact) mass is 328 g/mol. The van der Waals surface area contributed by atoms with Crippen molar-refractivity contribution in [1.82, 2.24) is 10.3 Å². The second-order valence-corrected chi connectivity index (χ2v) is 6.05. The van der Waals surface area contributed by atoms with Crippen molar-refractivity contribution >= 4 is 11.9 Å². The van der Waals surface area contributed by atoms with E-state index in [1.54, 1.807) is 62.6 Å². The molecule has 0 saturated carbocycles. The molecule has 0 aliphatic rings. The number of carbonyl (C=O) groups is 2. The number of hydrogen-bond donors (Lipinski definition) is 2. The predicted octanol–water partition coefficient (Wildman–Crippen LogP) is 3.25. The maximum Gasteiger partial charge on any atom is 0.303 e. The zero-order chi connectivity index (χ0) is 17.6. The smallest absolute Gasteiger partial charge is 0.303 e. The number of aliphatic carboxylic acids is 1. The van der Waals surface area contributed by atoms with Crippen LogP contribution in [0.3, 0.4) is 0 Å². The van der Waals surface area contributed by atoms with Crippen molar-refractivity contribution < 1.29 is 19.4 Å². The molecule has 24 heavy (non-hydrogen) atoms. The molecule has 126 valence electrons. The van der Waals surface area contributed by atoms with Gasteiger partial charge in [0.2, 0.25) is 0 Å². The van der Waals surface area contributed by atoms with E-state index < -0.39 is 11.5 Å². The molecule has 2 aromatic rings. The third-order valence-electron chi connectivity index (χ3n) is 3.40. The molecule has 0 saturated heterocycles. The first kappa shape index (κ1) is 17.5. The van der Waals surface area contributed by atoms with E-state index in [2.05, 4.69) is 10.3 Å². The van der Waals surface area contributed by atoms with Crippen molar-refractivity contribution in [3.8, 4) is 11.5 Å². The van der Waals surface area contributed by atoms with E-state index in [4.69, 9.17) is 9.84 Å². The van der Waals surface area contributed by atoms with Gasteiger partial charge in [0.1, 0.15) is 11.5 Å². The highest BCUT2D eigenvalue weighted by atomic mass is 16.5. The molecular formula is C18H20N2O4. The van der Waals surface area contributed by atoms with E-state index in [9.17, 15) is 9.59 Å². The maximum atomic E-state index is 12.3. The lowest BCUT2D eigenvalue weighted by Gasteiger charge is -2.25. The Bertz CT molecular complexity index is 697. The summed E-state index contributed by atoms with van der Waals surface area (Å²) in [6.45, 7) is 3.60. The fourth-order valence-corrected chi connectivity index (χ4v) is 2.08. The summed E-state index contributed by atoms with van der Waals surface area (Å²) in [5.41, 5.74) is -0.114. The summed E-state index contributed by atoms with van der Waals surface area (Å²) in [6, 6.07) is 10.3. The number of ether oxygens (including phenoxy) is 1. The standard InChI is InChI=1S/C18H20N2O4/c1-18(2,10-9-16(21)22)20-17(23)13-5-7-14(8-6-13)24-15-4-3-11-19-12-15/h3-8,11-12H,9-10H2,1-2H3,(H,20,23)(H,21,22). The molecule has 0 atom stereocenters. The van der Waals surface area contributed by atoms with Crippen molar-refractivity contribution in [3.05, 3.63) is 54.4 Å². The second kappa shape index (κ2) is 7.59. The van der Waals surface area contributed by atoms with Crippen molar-refractivity contribution in [1.29, 1.82) is 0 Å². The van der Waals surface area contributed by atoms with Gasteiger partial charge in [-0.2, -0.15) is 0 Å². The molecular weight excluding hydrogens is 308 g/mol. The number of amides is 1. The quantitative estimate of drug-likeness (QED) is 0.814. The van der Waals surface area contributed by atoms with Gasteiger partial charge in [0.15, 0.2) is 0 Å². The molecule has 2 N–H and O–H groups in total. The first-order valence-corrected chi connectivity index (χ1v) is 7.58. The molecule has 0 aliphatic heterocycles. The highest BCUT2D eigenvalue weighted by Gasteiger charge is 2.22. The molecule has 1 aromatic heterocycles. The van der Waals surface area contributed by atoms with Crippen LogP contribution in [0, 0.1) is 0 Å². The molecule has 2 rings (SSSR count). The summed E-state index contributed by atoms with van der Waals surface area (Å²) in [7, 11) is 0. The van der Waals surface area contributed by atoms with E-state index >= 15 is 0 Å². The highest BCUT2D eigenvalue weighted by molar-refractivity contribution is 5.94. The third kappa shape index (κ3) is 5.39. The molecule has 0 radical (unpaired) electrons. The Balaban J connectivity index is 1.97. The normalized spacial score (nSPS) is 10.9. The molecule has 1 aromatic carbocycles. The first-order chi connectivity index (χ1) is 11.4. The molecule has 0 fully saturated rings. The molecule has 1 amide bonds. The van der Waals surface area contributed by atoms with Gasteiger partial charge in [0.25, 0.3) is 5.91 Å². The van der Waals surface area contributed by atoms with Crippen molar-refractivity contribution in [2.45, 2.75) is 32.2 Å². The molecule has 0 unspecified atom stereocenters. The van der Waals surface area contributed by atoms with Gasteiger partial charge < -0.3 is 15.2 Å². The Labute approximate surface area is 140 Å². The summed E-state index contributed by atoms with van der Waals surface area (Å²) < 4.78 is 5.62. The van der Waals surface area contributed by atoms with E-state index in [0.717, 1.165) is 0 Å². The van der Waals surface area contributed by atoms with Crippen LogP contribution in [0.2, 0.25) is 0 Å². The second-order valence-electron chi connectivity index (χ2n) is 6.05. The number of nitrogens with one attached hydrogen (secondary N) is 1. The minimum atomic E-state index is -0.880. The highest BCUT2D eigenvalue weighted by Crippen LogP contribution is 2.21. The van der Waals surface area contributed by atoms with Gasteiger partial charge in [-0.05, 0) is 56.7 Å². The van der Waals surface area contributed by atoms with Gasteiger partial charge in [-0.3, -0.25) is 14.6 Å². The van der Waals surface area contributed by atoms with Crippen LogP contribution in [0.5, 0.6) is 11.5 Å². The Morgan fingerprint density at radius 3 is 2.46 bits per heavy atom. The lowest BCUT2D eigenvalue weighted by atomic mass is 9.98. The summed E-state index contributed by atoms with van der Waals surface area (Å²) in [5, 5.41) is 11.6. The largest absolute Gasteiger partial charge is 0.481 e. The lowest BCUT2D eigenvalue weighted by molar-refractivity contribution is -0.137. The minimum Gasteiger partial charge on any atom is -0.481 e. The van der Waals surface area contributed by atoms with Crippen LogP contribution in [-0.4, -0.2) is 27.5 Å². The maximum absolute atomic E-state index is 12.3. The Kier molecular flexibility index (Phi) is 5.52. The number of carboxylic acids is 1. The topological polar surface area (TPSA) is 88.5 Å². The van der Waals surface area contributed by atoms with Gasteiger partial charge in [-0.25, -0.2) is 0 Å². The molecule has 6 nitrogen and oxygen atoms in total. The van der Waals surface area contributed by atoms with E-state index in [1.165, 1.54) is 0 Å². The number of benzene rings is 1. The van der Waals surface area contributed by atoms with Gasteiger partial charge in [-0.15, -0.1) is 0 Å². The third-order valence-corrected chi connectivity index (χ3v) is 3.40. The predicted molar refractivity (Wildman–Crippen MR) is 89.2 cm³/mol. The van der Waals surface area contributed by atoms with E-state index in [0.29, 0.717) is 23.5 Å². The van der Waals surface area contributed by atoms with Crippen molar-refractivity contribution in [2.75, 3.05) is 0 Å². The summed E-state index contributed by atoms with van der Waals surface area (Å²) in [4.78, 5) is 26.9. The molecule has 6 heteroatoms. The minimum absolute atomic E-state index is 0.00513. The fraction of sp³-hybridized carbons (Fsp3) is 0.278. The van der Waals surface area contributed by atoms with Crippen LogP contribution < -0.4 is 10.1 Å². The van der Waals surface area contributed by atoms with E-state index in [1.807, 2.05) is 0 Å². The molecule has 0 aliphatic carbocycles. The molecule has 0 bridgehead atoms. The zero-order valence-corrected chi connectivity index (χ0v) is 13.7. The van der Waals surface area contributed by atoms with Crippen LogP contribution in [0.15, 0.2) is 48.8 Å². The number of rotatable bonds is 7. The van der Waals surface area contributed by atoms with Crippen LogP contribution >= 0.6 is 0 Å². The van der Waals surface area contributed by atoms with Crippen LogP contribution in [0.1, 0.15) is 37.0 Å². The Morgan fingerprint density at radius 1 is 1.17 bits per heavy atom. The average Bonchev–Trinajstić information content (AvgIpc) is 2.54. The molecule has 1 heterocycles. The zero-order valence-electron chi connectivity index (χ0n) is 13.7. The van der Waals surface area contributed by atoms with Gasteiger partial charge in [-0.1, -0.05) is 0 Å². The van der Waals surface area contributed by atoms with Crippen molar-refractivity contribution in [2.24, 2.45) is 0 Å². The summed E-state index contributed by atoms with van der Waals surface area (Å²) in [5.74, 6) is 0.0849. The van der Waals surface area contributed by atoms with Crippen LogP contribution in [-0.2, 0) is 4.79 Å². The fourth-order valence-electron chi connectivity index (χ4n) is 2.08. The SMILES string of the molecule is CC(C)(CCC(=O)O)NC(=O)c1ccc(Oc2cccnc2)cc1. The number of pyridine rings is 1. The molecule has 0 spiro atoms. The van der Waals surface area contributed by atoms with E-state index in [-0.39, 0.29) is 12.3 Å². The lowest BCUT2D eigenvalue weighted by Crippen LogP contribution is -2.43. The number of hydrogen-bond acceptors (Lipinski definition) is 4. The van der Waals surface area contributed by atoms with Crippen molar-refractivity contribution in [3.63, 3.8) is 0 Å². The summed E-state index contributed by atoms with van der Waals surface area (Å²) in [6.07, 6.45) is 3.62. The number of nitrogens with zero attached hydrogens (tertiary/aromatic N) is 1. The number of aromatic nitrogens is 1. The van der Waals surface area contributed by atoms with Gasteiger partial charge in [0.05, 0.1) is 6.20 Å². The van der Waals surface area contributed by atoms with Gasteiger partial charge >= 0.3 is 5.97 Å². The van der Waals surface area contributed by atoms with Crippen LogP contribution in [0.4, 0.5) is 0 Å². The number of carbonyl (C=O) groups excluding carboxylic acids is 1. The summed E-state index contributed by atoms with van der Waals surface area (Å²) >= 11 is 0. The first-order valence-electron chi connectivity index (χ1n) is 7.58. The average molecular weight is 328 g/mol. The Hall–Kier alpha value is -2.89. The number of carboxylic acid groups (broad SMARTS) is 1. The Morgan fingerprint density at radius 2 is 1.88 bits per heavy atom. The van der Waals surface area contributed by atoms with Gasteiger partial charge in [0, 0.05) is 23.7 Å².